The van der Waals surface area contributed by atoms with Gasteiger partial charge in [0.15, 0.2) is 11.6 Å². The van der Waals surface area contributed by atoms with Gasteiger partial charge in [-0.25, -0.2) is 4.39 Å². The number of nitrogen functional groups attached to an aromatic ring is 1. The quantitative estimate of drug-likeness (QED) is 0.732. The van der Waals surface area contributed by atoms with E-state index in [0.717, 1.165) is 37.8 Å². The van der Waals surface area contributed by atoms with Crippen LogP contribution in [0.3, 0.4) is 0 Å². The number of ether oxygens (including phenoxy) is 1. The van der Waals surface area contributed by atoms with Crippen LogP contribution in [0, 0.1) is 11.7 Å². The molecule has 0 aliphatic heterocycles. The van der Waals surface area contributed by atoms with Crippen molar-refractivity contribution in [2.24, 2.45) is 5.92 Å². The first kappa shape index (κ1) is 15.8. The van der Waals surface area contributed by atoms with Crippen molar-refractivity contribution in [1.29, 1.82) is 0 Å². The molecule has 1 fully saturated rings. The number of aliphatic hydroxyl groups is 1. The predicted molar refractivity (Wildman–Crippen MR) is 73.9 cm³/mol. The van der Waals surface area contributed by atoms with Crippen LogP contribution in [0.1, 0.15) is 25.7 Å². The molecule has 118 valence electrons. The molecule has 0 heterocycles. The Labute approximate surface area is 121 Å². The maximum Gasteiger partial charge on any atom is 0.387 e. The fraction of sp³-hybridized carbons (Fsp3) is 0.571. The molecule has 4 nitrogen and oxygen atoms in total. The average molecular weight is 304 g/mol. The van der Waals surface area contributed by atoms with Crippen molar-refractivity contribution >= 4 is 11.4 Å². The van der Waals surface area contributed by atoms with Gasteiger partial charge in [0.2, 0.25) is 0 Å². The molecule has 0 unspecified atom stereocenters. The summed E-state index contributed by atoms with van der Waals surface area (Å²) >= 11 is 0. The van der Waals surface area contributed by atoms with Crippen LogP contribution in [0.2, 0.25) is 0 Å². The lowest BCUT2D eigenvalue weighted by Crippen LogP contribution is -2.23. The molecule has 2 rings (SSSR count). The fourth-order valence-electron chi connectivity index (χ4n) is 2.51. The van der Waals surface area contributed by atoms with E-state index in [4.69, 9.17) is 5.73 Å². The highest BCUT2D eigenvalue weighted by atomic mass is 19.3. The second kappa shape index (κ2) is 6.89. The summed E-state index contributed by atoms with van der Waals surface area (Å²) in [4.78, 5) is 0. The standard InChI is InChI=1S/C14H19F3N2O2/c15-10-5-11(18)12(6-13(10)21-14(16)17)19-7-8-1-3-9(20)4-2-8/h5-6,8-9,14,19-20H,1-4,7,18H2. The van der Waals surface area contributed by atoms with Crippen LogP contribution in [0.15, 0.2) is 12.1 Å². The SMILES string of the molecule is Nc1cc(F)c(OC(F)F)cc1NCC1CCC(O)CC1. The molecule has 1 aromatic carbocycles. The highest BCUT2D eigenvalue weighted by molar-refractivity contribution is 5.68. The maximum atomic E-state index is 13.4. The first-order valence-electron chi connectivity index (χ1n) is 6.91. The Kier molecular flexibility index (Phi) is 5.17. The highest BCUT2D eigenvalue weighted by Crippen LogP contribution is 2.30. The van der Waals surface area contributed by atoms with Gasteiger partial charge in [0.1, 0.15) is 0 Å². The van der Waals surface area contributed by atoms with Crippen molar-refractivity contribution in [2.75, 3.05) is 17.6 Å². The van der Waals surface area contributed by atoms with Crippen LogP contribution in [-0.2, 0) is 0 Å². The lowest BCUT2D eigenvalue weighted by atomic mass is 9.87. The molecule has 4 N–H and O–H groups in total. The molecule has 1 aromatic rings. The molecule has 1 aliphatic rings. The molecule has 1 aliphatic carbocycles. The van der Waals surface area contributed by atoms with Gasteiger partial charge in [-0.2, -0.15) is 8.78 Å². The number of rotatable bonds is 5. The third-order valence-electron chi connectivity index (χ3n) is 3.72. The first-order valence-corrected chi connectivity index (χ1v) is 6.91. The van der Waals surface area contributed by atoms with Crippen LogP contribution in [-0.4, -0.2) is 24.4 Å². The Balaban J connectivity index is 1.98. The number of hydrogen-bond donors (Lipinski definition) is 3. The zero-order chi connectivity index (χ0) is 15.4. The third-order valence-corrected chi connectivity index (χ3v) is 3.72. The predicted octanol–water partition coefficient (Wildman–Crippen LogP) is 2.97. The summed E-state index contributed by atoms with van der Waals surface area (Å²) in [7, 11) is 0. The third kappa shape index (κ3) is 4.42. The summed E-state index contributed by atoms with van der Waals surface area (Å²) in [5.41, 5.74) is 6.19. The second-order valence-electron chi connectivity index (χ2n) is 5.30. The van der Waals surface area contributed by atoms with Gasteiger partial charge in [-0.15, -0.1) is 0 Å². The molecule has 0 spiro atoms. The van der Waals surface area contributed by atoms with Crippen molar-refractivity contribution in [2.45, 2.75) is 38.4 Å². The maximum absolute atomic E-state index is 13.4. The van der Waals surface area contributed by atoms with Crippen molar-refractivity contribution in [3.63, 3.8) is 0 Å². The number of anilines is 2. The van der Waals surface area contributed by atoms with E-state index in [1.807, 2.05) is 0 Å². The Hall–Kier alpha value is -1.63. The number of alkyl halides is 2. The van der Waals surface area contributed by atoms with Crippen LogP contribution in [0.4, 0.5) is 24.5 Å². The van der Waals surface area contributed by atoms with Crippen LogP contribution in [0.5, 0.6) is 5.75 Å². The van der Waals surface area contributed by atoms with E-state index in [9.17, 15) is 18.3 Å². The molecular formula is C14H19F3N2O2. The zero-order valence-electron chi connectivity index (χ0n) is 11.5. The molecule has 0 amide bonds. The number of halogens is 3. The Morgan fingerprint density at radius 1 is 1.29 bits per heavy atom. The van der Waals surface area contributed by atoms with E-state index in [1.165, 1.54) is 0 Å². The molecule has 21 heavy (non-hydrogen) atoms. The van der Waals surface area contributed by atoms with Crippen molar-refractivity contribution in [1.82, 2.24) is 0 Å². The average Bonchev–Trinajstić information content (AvgIpc) is 2.42. The minimum atomic E-state index is -3.09. The van der Waals surface area contributed by atoms with Gasteiger partial charge < -0.3 is 20.9 Å². The molecule has 0 saturated heterocycles. The molecule has 0 aromatic heterocycles. The monoisotopic (exact) mass is 304 g/mol. The van der Waals surface area contributed by atoms with Gasteiger partial charge in [-0.3, -0.25) is 0 Å². The fourth-order valence-corrected chi connectivity index (χ4v) is 2.51. The van der Waals surface area contributed by atoms with E-state index < -0.39 is 18.2 Å². The minimum absolute atomic E-state index is 0.143. The topological polar surface area (TPSA) is 67.5 Å². The summed E-state index contributed by atoms with van der Waals surface area (Å²) in [5, 5.41) is 12.5. The summed E-state index contributed by atoms with van der Waals surface area (Å²) in [6, 6.07) is 2.11. The van der Waals surface area contributed by atoms with Gasteiger partial charge in [-0.1, -0.05) is 0 Å². The van der Waals surface area contributed by atoms with Gasteiger partial charge >= 0.3 is 6.61 Å². The van der Waals surface area contributed by atoms with Gasteiger partial charge in [-0.05, 0) is 31.6 Å². The first-order chi connectivity index (χ1) is 9.95. The van der Waals surface area contributed by atoms with E-state index in [0.29, 0.717) is 18.2 Å². The van der Waals surface area contributed by atoms with E-state index in [2.05, 4.69) is 10.1 Å². The summed E-state index contributed by atoms with van der Waals surface area (Å²) in [6.45, 7) is -2.49. The lowest BCUT2D eigenvalue weighted by Gasteiger charge is -2.26. The van der Waals surface area contributed by atoms with Crippen molar-refractivity contribution < 1.29 is 23.0 Å². The number of nitrogens with one attached hydrogen (secondary N) is 1. The second-order valence-corrected chi connectivity index (χ2v) is 5.30. The van der Waals surface area contributed by atoms with Crippen molar-refractivity contribution in [3.05, 3.63) is 17.9 Å². The van der Waals surface area contributed by atoms with Gasteiger partial charge in [0, 0.05) is 18.7 Å². The molecular weight excluding hydrogens is 285 g/mol. The lowest BCUT2D eigenvalue weighted by molar-refractivity contribution is -0.0521. The molecule has 7 heteroatoms. The summed E-state index contributed by atoms with van der Waals surface area (Å²) in [6.07, 6.45) is 3.05. The Morgan fingerprint density at radius 2 is 1.95 bits per heavy atom. The van der Waals surface area contributed by atoms with E-state index in [1.54, 1.807) is 0 Å². The van der Waals surface area contributed by atoms with Crippen molar-refractivity contribution in [3.8, 4) is 5.75 Å². The Morgan fingerprint density at radius 3 is 2.57 bits per heavy atom. The van der Waals surface area contributed by atoms with Crippen LogP contribution >= 0.6 is 0 Å². The Bertz CT molecular complexity index is 478. The normalized spacial score (nSPS) is 22.3. The molecule has 0 radical (unpaired) electrons. The zero-order valence-corrected chi connectivity index (χ0v) is 11.5. The highest BCUT2D eigenvalue weighted by Gasteiger charge is 2.20. The minimum Gasteiger partial charge on any atom is -0.432 e. The summed E-state index contributed by atoms with van der Waals surface area (Å²) in [5.74, 6) is -1.07. The molecule has 0 bridgehead atoms. The van der Waals surface area contributed by atoms with E-state index in [-0.39, 0.29) is 11.8 Å². The van der Waals surface area contributed by atoms with Gasteiger partial charge in [0.25, 0.3) is 0 Å². The van der Waals surface area contributed by atoms with Crippen LogP contribution < -0.4 is 15.8 Å². The number of nitrogens with two attached hydrogens (primary N) is 1. The number of aliphatic hydroxyl groups excluding tert-OH is 1. The largest absolute Gasteiger partial charge is 0.432 e. The molecule has 0 atom stereocenters. The smallest absolute Gasteiger partial charge is 0.387 e. The van der Waals surface area contributed by atoms with E-state index >= 15 is 0 Å². The van der Waals surface area contributed by atoms with Crippen LogP contribution in [0.25, 0.3) is 0 Å². The van der Waals surface area contributed by atoms with Gasteiger partial charge in [0.05, 0.1) is 17.5 Å². The number of hydrogen-bond acceptors (Lipinski definition) is 4. The number of benzene rings is 1. The molecule has 1 saturated carbocycles. The summed E-state index contributed by atoms with van der Waals surface area (Å²) < 4.78 is 41.9.